The largest absolute Gasteiger partial charge is 0.378 e. The third kappa shape index (κ3) is 3.25. The maximum Gasteiger partial charge on any atom is 0.254 e. The summed E-state index contributed by atoms with van der Waals surface area (Å²) in [5, 5.41) is 5.05. The fraction of sp³-hybridized carbons (Fsp3) is 0.389. The van der Waals surface area contributed by atoms with Gasteiger partial charge in [-0.25, -0.2) is 4.98 Å². The molecule has 8 heteroatoms. The maximum absolute atomic E-state index is 6.15. The normalized spacial score (nSPS) is 20.7. The summed E-state index contributed by atoms with van der Waals surface area (Å²) in [4.78, 5) is 11.0. The minimum absolute atomic E-state index is 0.0671. The lowest BCUT2D eigenvalue weighted by molar-refractivity contribution is 0.0210. The molecule has 7 nitrogen and oxygen atoms in total. The van der Waals surface area contributed by atoms with Gasteiger partial charge in [0.1, 0.15) is 18.2 Å². The first kappa shape index (κ1) is 17.2. The third-order valence-corrected chi connectivity index (χ3v) is 4.76. The first-order valence-corrected chi connectivity index (χ1v) is 8.86. The number of hydrogen-bond donors (Lipinski definition) is 0. The summed E-state index contributed by atoms with van der Waals surface area (Å²) < 4.78 is 13.1. The molecule has 2 aromatic heterocycles. The lowest BCUT2D eigenvalue weighted by Gasteiger charge is -2.39. The molecule has 136 valence electrons. The van der Waals surface area contributed by atoms with E-state index >= 15 is 0 Å². The molecule has 3 heterocycles. The highest BCUT2D eigenvalue weighted by atomic mass is 35.5. The Morgan fingerprint density at radius 3 is 3.04 bits per heavy atom. The van der Waals surface area contributed by atoms with E-state index in [2.05, 4.69) is 26.9 Å². The van der Waals surface area contributed by atoms with Gasteiger partial charge in [-0.1, -0.05) is 23.7 Å². The van der Waals surface area contributed by atoms with Gasteiger partial charge < -0.3 is 14.4 Å². The number of hydrogen-bond acceptors (Lipinski definition) is 6. The minimum Gasteiger partial charge on any atom is -0.378 e. The van der Waals surface area contributed by atoms with Crippen molar-refractivity contribution in [2.45, 2.75) is 25.7 Å². The van der Waals surface area contributed by atoms with Gasteiger partial charge in [-0.15, -0.1) is 0 Å². The van der Waals surface area contributed by atoms with Crippen molar-refractivity contribution in [3.8, 4) is 0 Å². The summed E-state index contributed by atoms with van der Waals surface area (Å²) in [7, 11) is 1.65. The van der Waals surface area contributed by atoms with Crippen molar-refractivity contribution < 1.29 is 9.47 Å². The van der Waals surface area contributed by atoms with Crippen LogP contribution >= 0.6 is 11.6 Å². The van der Waals surface area contributed by atoms with Crippen LogP contribution in [0.15, 0.2) is 36.7 Å². The number of benzene rings is 1. The van der Waals surface area contributed by atoms with Gasteiger partial charge in [0.25, 0.3) is 5.78 Å². The summed E-state index contributed by atoms with van der Waals surface area (Å²) in [6.45, 7) is 3.85. The van der Waals surface area contributed by atoms with Crippen LogP contribution in [0, 0.1) is 0 Å². The quantitative estimate of drug-likeness (QED) is 0.700. The van der Waals surface area contributed by atoms with Crippen molar-refractivity contribution in [2.75, 3.05) is 25.2 Å². The molecule has 3 aromatic rings. The van der Waals surface area contributed by atoms with Gasteiger partial charge >= 0.3 is 0 Å². The van der Waals surface area contributed by atoms with Crippen LogP contribution in [0.3, 0.4) is 0 Å². The lowest BCUT2D eigenvalue weighted by Crippen LogP contribution is -2.46. The molecule has 1 aliphatic rings. The number of ether oxygens (including phenoxy) is 2. The summed E-state index contributed by atoms with van der Waals surface area (Å²) in [6.07, 6.45) is 1.45. The van der Waals surface area contributed by atoms with E-state index in [1.54, 1.807) is 11.6 Å². The van der Waals surface area contributed by atoms with Gasteiger partial charge in [0, 0.05) is 18.2 Å². The number of methoxy groups -OCH3 is 1. The number of fused-ring (bicyclic) bond motifs is 1. The van der Waals surface area contributed by atoms with E-state index in [0.717, 1.165) is 17.1 Å². The number of nitrogens with zero attached hydrogens (tertiary/aromatic N) is 5. The van der Waals surface area contributed by atoms with Gasteiger partial charge in [0.15, 0.2) is 0 Å². The fourth-order valence-corrected chi connectivity index (χ4v) is 3.45. The Labute approximate surface area is 156 Å². The van der Waals surface area contributed by atoms with Crippen LogP contribution in [-0.4, -0.2) is 45.9 Å². The highest BCUT2D eigenvalue weighted by Gasteiger charge is 2.29. The van der Waals surface area contributed by atoms with E-state index in [0.29, 0.717) is 30.6 Å². The molecule has 2 unspecified atom stereocenters. The van der Waals surface area contributed by atoms with E-state index in [9.17, 15) is 0 Å². The van der Waals surface area contributed by atoms with E-state index in [-0.39, 0.29) is 12.1 Å². The minimum atomic E-state index is -0.0671. The predicted octanol–water partition coefficient (Wildman–Crippen LogP) is 2.89. The number of halogens is 1. The lowest BCUT2D eigenvalue weighted by atomic mass is 10.1. The van der Waals surface area contributed by atoms with Crippen molar-refractivity contribution in [1.82, 2.24) is 19.6 Å². The van der Waals surface area contributed by atoms with E-state index in [1.807, 2.05) is 30.3 Å². The van der Waals surface area contributed by atoms with Crippen LogP contribution in [0.4, 0.5) is 5.82 Å². The zero-order valence-electron chi connectivity index (χ0n) is 14.7. The number of rotatable bonds is 4. The van der Waals surface area contributed by atoms with Crippen molar-refractivity contribution in [2.24, 2.45) is 0 Å². The zero-order chi connectivity index (χ0) is 18.1. The first-order valence-electron chi connectivity index (χ1n) is 8.48. The smallest absolute Gasteiger partial charge is 0.254 e. The van der Waals surface area contributed by atoms with E-state index < -0.39 is 0 Å². The molecule has 1 aliphatic heterocycles. The van der Waals surface area contributed by atoms with Gasteiger partial charge in [0.05, 0.1) is 31.5 Å². The molecule has 0 aliphatic carbocycles. The highest BCUT2D eigenvalue weighted by Crippen LogP contribution is 2.30. The van der Waals surface area contributed by atoms with Crippen LogP contribution in [0.2, 0.25) is 5.02 Å². The van der Waals surface area contributed by atoms with Gasteiger partial charge in [0.2, 0.25) is 0 Å². The van der Waals surface area contributed by atoms with Gasteiger partial charge in [-0.2, -0.15) is 14.6 Å². The third-order valence-electron chi connectivity index (χ3n) is 4.53. The number of morpholine rings is 1. The monoisotopic (exact) mass is 373 g/mol. The molecule has 26 heavy (non-hydrogen) atoms. The summed E-state index contributed by atoms with van der Waals surface area (Å²) in [6, 6.07) is 10.0. The molecule has 0 bridgehead atoms. The second-order valence-electron chi connectivity index (χ2n) is 6.39. The molecule has 4 rings (SSSR count). The molecule has 0 saturated carbocycles. The van der Waals surface area contributed by atoms with Crippen LogP contribution in [0.1, 0.15) is 24.3 Å². The molecule has 0 amide bonds. The summed E-state index contributed by atoms with van der Waals surface area (Å²) >= 11 is 6.15. The van der Waals surface area contributed by atoms with Crippen molar-refractivity contribution in [3.63, 3.8) is 0 Å². The molecule has 0 N–H and O–H groups in total. The van der Waals surface area contributed by atoms with E-state index in [1.165, 1.54) is 6.33 Å². The fourth-order valence-electron chi connectivity index (χ4n) is 3.26. The van der Waals surface area contributed by atoms with Crippen LogP contribution in [-0.2, 0) is 16.1 Å². The Kier molecular flexibility index (Phi) is 4.76. The van der Waals surface area contributed by atoms with Crippen molar-refractivity contribution >= 4 is 23.2 Å². The maximum atomic E-state index is 6.15. The Bertz CT molecular complexity index is 915. The van der Waals surface area contributed by atoms with E-state index in [4.69, 9.17) is 21.1 Å². The summed E-state index contributed by atoms with van der Waals surface area (Å²) in [5.74, 6) is 1.50. The Balaban J connectivity index is 1.71. The molecule has 0 spiro atoms. The van der Waals surface area contributed by atoms with Gasteiger partial charge in [-0.3, -0.25) is 0 Å². The first-order chi connectivity index (χ1) is 12.7. The highest BCUT2D eigenvalue weighted by molar-refractivity contribution is 6.30. The molecule has 1 aromatic carbocycles. The molecule has 1 fully saturated rings. The average molecular weight is 374 g/mol. The zero-order valence-corrected chi connectivity index (χ0v) is 15.4. The topological polar surface area (TPSA) is 64.8 Å². The SMILES string of the molecule is COCc1cc(N2CC(c3cccc(Cl)c3)OCC2C)n2ncnc2n1. The second-order valence-corrected chi connectivity index (χ2v) is 6.83. The Hall–Kier alpha value is -2.22. The molecule has 2 atom stereocenters. The molecule has 1 saturated heterocycles. The Morgan fingerprint density at radius 1 is 1.35 bits per heavy atom. The van der Waals surface area contributed by atoms with Gasteiger partial charge in [-0.05, 0) is 24.6 Å². The van der Waals surface area contributed by atoms with Crippen molar-refractivity contribution in [1.29, 1.82) is 0 Å². The second kappa shape index (κ2) is 7.19. The summed E-state index contributed by atoms with van der Waals surface area (Å²) in [5.41, 5.74) is 1.89. The standard InChI is InChI=1S/C18H20ClN5O2/c1-12-9-26-16(13-4-3-5-14(19)6-13)8-23(12)17-7-15(10-25-2)22-18-20-11-21-24(17)18/h3-7,11-12,16H,8-10H2,1-2H3. The number of anilines is 1. The average Bonchev–Trinajstić information content (AvgIpc) is 3.10. The molecular weight excluding hydrogens is 354 g/mol. The van der Waals surface area contributed by atoms with Crippen LogP contribution in [0.25, 0.3) is 5.78 Å². The van der Waals surface area contributed by atoms with Crippen LogP contribution < -0.4 is 4.90 Å². The molecule has 0 radical (unpaired) electrons. The molecular formula is C18H20ClN5O2. The Morgan fingerprint density at radius 2 is 2.23 bits per heavy atom. The number of aromatic nitrogens is 4. The van der Waals surface area contributed by atoms with Crippen molar-refractivity contribution in [3.05, 3.63) is 52.9 Å². The predicted molar refractivity (Wildman–Crippen MR) is 98.4 cm³/mol. The van der Waals surface area contributed by atoms with Crippen LogP contribution in [0.5, 0.6) is 0 Å².